The van der Waals surface area contributed by atoms with Crippen LogP contribution in [0.4, 0.5) is 5.69 Å². The van der Waals surface area contributed by atoms with E-state index in [1.165, 1.54) is 0 Å². The van der Waals surface area contributed by atoms with Crippen LogP contribution >= 0.6 is 11.8 Å². The minimum atomic E-state index is -0.222. The summed E-state index contributed by atoms with van der Waals surface area (Å²) < 4.78 is 5.45. The Hall–Kier alpha value is -2.99. The van der Waals surface area contributed by atoms with Crippen LogP contribution < -0.4 is 10.1 Å². The second-order valence-electron chi connectivity index (χ2n) is 7.67. The van der Waals surface area contributed by atoms with E-state index in [2.05, 4.69) is 5.32 Å². The van der Waals surface area contributed by atoms with Crippen molar-refractivity contribution >= 4 is 40.0 Å². The predicted molar refractivity (Wildman–Crippen MR) is 126 cm³/mol. The Bertz CT molecular complexity index is 1110. The predicted octanol–water partition coefficient (Wildman–Crippen LogP) is 5.06. The molecule has 0 bridgehead atoms. The molecule has 1 saturated heterocycles. The van der Waals surface area contributed by atoms with Gasteiger partial charge in [0.2, 0.25) is 5.91 Å². The number of amides is 2. The zero-order chi connectivity index (χ0) is 21.8. The number of anilines is 1. The van der Waals surface area contributed by atoms with Gasteiger partial charge in [-0.05, 0) is 54.8 Å². The molecule has 1 fully saturated rings. The van der Waals surface area contributed by atoms with Gasteiger partial charge < -0.3 is 15.0 Å². The molecule has 6 heteroatoms. The standard InChI is InChI=1S/C25H26N2O3S/c1-30-23-13-12-22(20-10-3-4-11-21(20)23)25(29)27-14-6-7-17(16-27)24(28)26-18-8-5-9-19(15-18)31-2/h3-5,8-13,15,17H,6-7,14,16H2,1-2H3,(H,26,28). The number of carbonyl (C=O) groups excluding carboxylic acids is 2. The molecule has 1 atom stereocenters. The summed E-state index contributed by atoms with van der Waals surface area (Å²) >= 11 is 1.64. The van der Waals surface area contributed by atoms with E-state index in [0.717, 1.165) is 39.9 Å². The van der Waals surface area contributed by atoms with Gasteiger partial charge >= 0.3 is 0 Å². The second kappa shape index (κ2) is 9.43. The molecule has 1 aliphatic rings. The van der Waals surface area contributed by atoms with E-state index < -0.39 is 0 Å². The van der Waals surface area contributed by atoms with Crippen LogP contribution in [0, 0.1) is 5.92 Å². The van der Waals surface area contributed by atoms with E-state index in [9.17, 15) is 9.59 Å². The quantitative estimate of drug-likeness (QED) is 0.570. The molecule has 1 unspecified atom stereocenters. The molecule has 3 aromatic carbocycles. The molecule has 0 aromatic heterocycles. The fourth-order valence-electron chi connectivity index (χ4n) is 4.13. The minimum absolute atomic E-state index is 0.0321. The number of fused-ring (bicyclic) bond motifs is 1. The van der Waals surface area contributed by atoms with Crippen molar-refractivity contribution in [2.45, 2.75) is 17.7 Å². The van der Waals surface area contributed by atoms with E-state index in [1.54, 1.807) is 23.8 Å². The van der Waals surface area contributed by atoms with Crippen molar-refractivity contribution in [2.75, 3.05) is 31.8 Å². The van der Waals surface area contributed by atoms with E-state index in [4.69, 9.17) is 4.74 Å². The van der Waals surface area contributed by atoms with E-state index in [0.29, 0.717) is 18.7 Å². The van der Waals surface area contributed by atoms with Gasteiger partial charge in [0.1, 0.15) is 5.75 Å². The summed E-state index contributed by atoms with van der Waals surface area (Å²) in [5.41, 5.74) is 1.44. The molecule has 4 rings (SSSR count). The Labute approximate surface area is 186 Å². The number of hydrogen-bond donors (Lipinski definition) is 1. The Morgan fingerprint density at radius 2 is 1.87 bits per heavy atom. The topological polar surface area (TPSA) is 58.6 Å². The number of carbonyl (C=O) groups is 2. The lowest BCUT2D eigenvalue weighted by atomic mass is 9.95. The van der Waals surface area contributed by atoms with Crippen molar-refractivity contribution in [2.24, 2.45) is 5.92 Å². The zero-order valence-corrected chi connectivity index (χ0v) is 18.6. The maximum absolute atomic E-state index is 13.4. The highest BCUT2D eigenvalue weighted by Gasteiger charge is 2.29. The molecule has 5 nitrogen and oxygen atoms in total. The van der Waals surface area contributed by atoms with Crippen LogP contribution in [-0.4, -0.2) is 43.2 Å². The second-order valence-corrected chi connectivity index (χ2v) is 8.55. The number of piperidine rings is 1. The van der Waals surface area contributed by atoms with Gasteiger partial charge in [-0.3, -0.25) is 9.59 Å². The summed E-state index contributed by atoms with van der Waals surface area (Å²) in [7, 11) is 1.63. The third kappa shape index (κ3) is 4.54. The Morgan fingerprint density at radius 3 is 2.65 bits per heavy atom. The average Bonchev–Trinajstić information content (AvgIpc) is 2.83. The van der Waals surface area contributed by atoms with Crippen molar-refractivity contribution in [1.29, 1.82) is 0 Å². The van der Waals surface area contributed by atoms with Gasteiger partial charge in [0.25, 0.3) is 5.91 Å². The summed E-state index contributed by atoms with van der Waals surface area (Å²) in [6.07, 6.45) is 3.60. The van der Waals surface area contributed by atoms with Gasteiger partial charge in [0.05, 0.1) is 13.0 Å². The van der Waals surface area contributed by atoms with Crippen LogP contribution in [0.5, 0.6) is 5.75 Å². The van der Waals surface area contributed by atoms with Crippen LogP contribution in [0.1, 0.15) is 23.2 Å². The third-order valence-electron chi connectivity index (χ3n) is 5.75. The zero-order valence-electron chi connectivity index (χ0n) is 17.8. The van der Waals surface area contributed by atoms with Gasteiger partial charge in [-0.2, -0.15) is 0 Å². The average molecular weight is 435 g/mol. The summed E-state index contributed by atoms with van der Waals surface area (Å²) in [4.78, 5) is 29.2. The van der Waals surface area contributed by atoms with Gasteiger partial charge in [-0.15, -0.1) is 11.8 Å². The van der Waals surface area contributed by atoms with E-state index in [1.807, 2.05) is 66.9 Å². The highest BCUT2D eigenvalue weighted by molar-refractivity contribution is 7.98. The molecule has 0 spiro atoms. The minimum Gasteiger partial charge on any atom is -0.496 e. The molecule has 0 saturated carbocycles. The molecule has 1 aliphatic heterocycles. The number of rotatable bonds is 5. The Balaban J connectivity index is 1.51. The first kappa shape index (κ1) is 21.2. The first-order chi connectivity index (χ1) is 15.1. The van der Waals surface area contributed by atoms with Crippen molar-refractivity contribution in [3.8, 4) is 5.75 Å². The maximum Gasteiger partial charge on any atom is 0.254 e. The van der Waals surface area contributed by atoms with E-state index in [-0.39, 0.29) is 17.7 Å². The molecule has 160 valence electrons. The number of ether oxygens (including phenoxy) is 1. The van der Waals surface area contributed by atoms with Crippen LogP contribution in [0.3, 0.4) is 0 Å². The molecular formula is C25H26N2O3S. The smallest absolute Gasteiger partial charge is 0.254 e. The largest absolute Gasteiger partial charge is 0.496 e. The first-order valence-electron chi connectivity index (χ1n) is 10.4. The van der Waals surface area contributed by atoms with Crippen LogP contribution in [0.2, 0.25) is 0 Å². The maximum atomic E-state index is 13.4. The van der Waals surface area contributed by atoms with Gasteiger partial charge in [-0.1, -0.05) is 30.3 Å². The van der Waals surface area contributed by atoms with Crippen molar-refractivity contribution in [1.82, 2.24) is 4.90 Å². The lowest BCUT2D eigenvalue weighted by molar-refractivity contribution is -0.121. The van der Waals surface area contributed by atoms with Gasteiger partial charge in [0.15, 0.2) is 0 Å². The Kier molecular flexibility index (Phi) is 6.47. The normalized spacial score (nSPS) is 16.2. The van der Waals surface area contributed by atoms with Crippen LogP contribution in [-0.2, 0) is 4.79 Å². The fourth-order valence-corrected chi connectivity index (χ4v) is 4.59. The molecule has 2 amide bonds. The SMILES string of the molecule is COc1ccc(C(=O)N2CCCC(C(=O)Nc3cccc(SC)c3)C2)c2ccccc12. The van der Waals surface area contributed by atoms with Gasteiger partial charge in [0, 0.05) is 34.6 Å². The van der Waals surface area contributed by atoms with Crippen molar-refractivity contribution in [3.05, 3.63) is 66.2 Å². The number of thioether (sulfide) groups is 1. The number of methoxy groups -OCH3 is 1. The number of nitrogens with one attached hydrogen (secondary N) is 1. The summed E-state index contributed by atoms with van der Waals surface area (Å²) in [6.45, 7) is 1.08. The highest BCUT2D eigenvalue weighted by atomic mass is 32.2. The first-order valence-corrected chi connectivity index (χ1v) is 11.6. The highest BCUT2D eigenvalue weighted by Crippen LogP contribution is 2.30. The van der Waals surface area contributed by atoms with Gasteiger partial charge in [-0.25, -0.2) is 0 Å². The summed E-state index contributed by atoms with van der Waals surface area (Å²) in [5, 5.41) is 4.80. The molecule has 1 N–H and O–H groups in total. The Morgan fingerprint density at radius 1 is 1.06 bits per heavy atom. The molecule has 0 aliphatic carbocycles. The van der Waals surface area contributed by atoms with Crippen LogP contribution in [0.15, 0.2) is 65.6 Å². The van der Waals surface area contributed by atoms with Crippen molar-refractivity contribution < 1.29 is 14.3 Å². The molecule has 3 aromatic rings. The summed E-state index contributed by atoms with van der Waals surface area (Å²) in [5.74, 6) is 0.451. The number of nitrogens with zero attached hydrogens (tertiary/aromatic N) is 1. The number of hydrogen-bond acceptors (Lipinski definition) is 4. The number of benzene rings is 3. The van der Waals surface area contributed by atoms with E-state index >= 15 is 0 Å². The lowest BCUT2D eigenvalue weighted by Crippen LogP contribution is -2.43. The van der Waals surface area contributed by atoms with Crippen molar-refractivity contribution in [3.63, 3.8) is 0 Å². The third-order valence-corrected chi connectivity index (χ3v) is 6.48. The lowest BCUT2D eigenvalue weighted by Gasteiger charge is -2.32. The molecule has 1 heterocycles. The molecular weight excluding hydrogens is 408 g/mol. The fraction of sp³-hybridized carbons (Fsp3) is 0.280. The summed E-state index contributed by atoms with van der Waals surface area (Å²) in [6, 6.07) is 19.2. The molecule has 0 radical (unpaired) electrons. The monoisotopic (exact) mass is 434 g/mol. The van der Waals surface area contributed by atoms with Crippen LogP contribution in [0.25, 0.3) is 10.8 Å². The number of likely N-dealkylation sites (tertiary alicyclic amines) is 1. The molecule has 31 heavy (non-hydrogen) atoms.